The van der Waals surface area contributed by atoms with Crippen molar-refractivity contribution in [2.45, 2.75) is 46.2 Å². The molecule has 2 rings (SSSR count). The molecule has 0 saturated carbocycles. The van der Waals surface area contributed by atoms with Gasteiger partial charge in [0.05, 0.1) is 12.2 Å². The summed E-state index contributed by atoms with van der Waals surface area (Å²) in [7, 11) is 1.78. The molecule has 0 bridgehead atoms. The third kappa shape index (κ3) is 3.32. The number of nitrogens with zero attached hydrogens (tertiary/aromatic N) is 4. The Labute approximate surface area is 125 Å². The summed E-state index contributed by atoms with van der Waals surface area (Å²) in [5.74, 6) is -0.0657. The Morgan fingerprint density at radius 1 is 1.43 bits per heavy atom. The molecule has 114 valence electrons. The van der Waals surface area contributed by atoms with E-state index in [2.05, 4.69) is 29.1 Å². The van der Waals surface area contributed by atoms with Crippen LogP contribution in [0.15, 0.2) is 18.5 Å². The number of aromatic nitrogens is 4. The van der Waals surface area contributed by atoms with E-state index in [1.807, 2.05) is 17.7 Å². The average Bonchev–Trinajstić information content (AvgIpc) is 3.10. The first kappa shape index (κ1) is 15.3. The fraction of sp³-hybridized carbons (Fsp3) is 0.533. The molecular formula is C15H23N5O. The van der Waals surface area contributed by atoms with E-state index in [0.29, 0.717) is 18.3 Å². The van der Waals surface area contributed by atoms with Gasteiger partial charge in [0, 0.05) is 31.0 Å². The first-order valence-corrected chi connectivity index (χ1v) is 7.36. The summed E-state index contributed by atoms with van der Waals surface area (Å²) in [6.45, 7) is 6.80. The summed E-state index contributed by atoms with van der Waals surface area (Å²) in [6, 6.07) is 2.22. The zero-order valence-electron chi connectivity index (χ0n) is 13.1. The molecule has 2 aromatic heterocycles. The lowest BCUT2D eigenvalue weighted by molar-refractivity contribution is 0.0778. The number of aromatic amines is 1. The van der Waals surface area contributed by atoms with Crippen molar-refractivity contribution in [1.29, 1.82) is 0 Å². The molecule has 21 heavy (non-hydrogen) atoms. The van der Waals surface area contributed by atoms with Gasteiger partial charge in [-0.15, -0.1) is 0 Å². The molecular weight excluding hydrogens is 266 g/mol. The first-order chi connectivity index (χ1) is 10.1. The highest BCUT2D eigenvalue weighted by molar-refractivity contribution is 5.92. The lowest BCUT2D eigenvalue weighted by atomic mass is 10.2. The van der Waals surface area contributed by atoms with Gasteiger partial charge in [-0.2, -0.15) is 10.2 Å². The van der Waals surface area contributed by atoms with Gasteiger partial charge in [-0.1, -0.05) is 13.8 Å². The zero-order chi connectivity index (χ0) is 15.4. The molecule has 0 spiro atoms. The summed E-state index contributed by atoms with van der Waals surface area (Å²) in [6.07, 6.45) is 5.53. The number of rotatable bonds is 6. The molecule has 1 N–H and O–H groups in total. The van der Waals surface area contributed by atoms with Crippen molar-refractivity contribution in [3.8, 4) is 0 Å². The standard InChI is InChI=1S/C15H23N5O/c1-5-13(6-2)20-11(3)7-14(18-20)15(21)19(4)10-12-8-16-17-9-12/h7-9,13H,5-6,10H2,1-4H3,(H,16,17). The van der Waals surface area contributed by atoms with Crippen LogP contribution >= 0.6 is 0 Å². The van der Waals surface area contributed by atoms with Gasteiger partial charge in [0.25, 0.3) is 5.91 Å². The van der Waals surface area contributed by atoms with E-state index in [-0.39, 0.29) is 5.91 Å². The summed E-state index contributed by atoms with van der Waals surface area (Å²) >= 11 is 0. The molecule has 0 aliphatic heterocycles. The van der Waals surface area contributed by atoms with Crippen LogP contribution in [-0.4, -0.2) is 37.8 Å². The normalized spacial score (nSPS) is 11.1. The number of aryl methyl sites for hydroxylation is 1. The minimum atomic E-state index is -0.0657. The molecule has 0 unspecified atom stereocenters. The van der Waals surface area contributed by atoms with Gasteiger partial charge in [-0.3, -0.25) is 14.6 Å². The van der Waals surface area contributed by atoms with Crippen LogP contribution in [0.25, 0.3) is 0 Å². The van der Waals surface area contributed by atoms with E-state index < -0.39 is 0 Å². The largest absolute Gasteiger partial charge is 0.336 e. The second kappa shape index (κ2) is 6.56. The van der Waals surface area contributed by atoms with Crippen molar-refractivity contribution in [2.24, 2.45) is 0 Å². The Hall–Kier alpha value is -2.11. The second-order valence-corrected chi connectivity index (χ2v) is 5.35. The van der Waals surface area contributed by atoms with Gasteiger partial charge in [-0.25, -0.2) is 0 Å². The summed E-state index contributed by atoms with van der Waals surface area (Å²) in [5.41, 5.74) is 2.51. The Balaban J connectivity index is 2.14. The van der Waals surface area contributed by atoms with Gasteiger partial charge in [-0.05, 0) is 25.8 Å². The van der Waals surface area contributed by atoms with Crippen LogP contribution in [0.2, 0.25) is 0 Å². The Morgan fingerprint density at radius 2 is 2.14 bits per heavy atom. The van der Waals surface area contributed by atoms with Crippen molar-refractivity contribution >= 4 is 5.91 Å². The predicted octanol–water partition coefficient (Wildman–Crippen LogP) is 2.55. The minimum absolute atomic E-state index is 0.0657. The van der Waals surface area contributed by atoms with E-state index >= 15 is 0 Å². The van der Waals surface area contributed by atoms with Crippen LogP contribution in [0.3, 0.4) is 0 Å². The molecule has 2 heterocycles. The Morgan fingerprint density at radius 3 is 2.71 bits per heavy atom. The number of carbonyl (C=O) groups is 1. The Bertz CT molecular complexity index is 583. The maximum absolute atomic E-state index is 12.5. The third-order valence-electron chi connectivity index (χ3n) is 3.75. The van der Waals surface area contributed by atoms with Crippen molar-refractivity contribution < 1.29 is 4.79 Å². The van der Waals surface area contributed by atoms with Crippen molar-refractivity contribution in [3.63, 3.8) is 0 Å². The van der Waals surface area contributed by atoms with Crippen molar-refractivity contribution in [3.05, 3.63) is 35.4 Å². The number of amides is 1. The maximum atomic E-state index is 12.5. The Kier molecular flexibility index (Phi) is 4.77. The molecule has 0 aromatic carbocycles. The lowest BCUT2D eigenvalue weighted by Gasteiger charge is -2.16. The molecule has 2 aromatic rings. The smallest absolute Gasteiger partial charge is 0.274 e. The number of nitrogens with one attached hydrogen (secondary N) is 1. The van der Waals surface area contributed by atoms with Crippen molar-refractivity contribution in [2.75, 3.05) is 7.05 Å². The molecule has 0 aliphatic carbocycles. The first-order valence-electron chi connectivity index (χ1n) is 7.36. The summed E-state index contributed by atoms with van der Waals surface area (Å²) in [5, 5.41) is 11.1. The molecule has 6 nitrogen and oxygen atoms in total. The number of H-pyrrole nitrogens is 1. The van der Waals surface area contributed by atoms with E-state index in [1.165, 1.54) is 0 Å². The fourth-order valence-corrected chi connectivity index (χ4v) is 2.50. The van der Waals surface area contributed by atoms with Crippen LogP contribution < -0.4 is 0 Å². The molecule has 1 amide bonds. The fourth-order valence-electron chi connectivity index (χ4n) is 2.50. The molecule has 0 radical (unpaired) electrons. The quantitative estimate of drug-likeness (QED) is 0.888. The van der Waals surface area contributed by atoms with Crippen molar-refractivity contribution in [1.82, 2.24) is 24.9 Å². The SMILES string of the molecule is CCC(CC)n1nc(C(=O)N(C)Cc2cn[nH]c2)cc1C. The summed E-state index contributed by atoms with van der Waals surface area (Å²) < 4.78 is 1.97. The highest BCUT2D eigenvalue weighted by atomic mass is 16.2. The van der Waals surface area contributed by atoms with Crippen LogP contribution in [0, 0.1) is 6.92 Å². The van der Waals surface area contributed by atoms with Crippen LogP contribution in [0.1, 0.15) is 54.5 Å². The highest BCUT2D eigenvalue weighted by Gasteiger charge is 2.19. The average molecular weight is 289 g/mol. The third-order valence-corrected chi connectivity index (χ3v) is 3.75. The van der Waals surface area contributed by atoms with Crippen LogP contribution in [0.4, 0.5) is 0 Å². The second-order valence-electron chi connectivity index (χ2n) is 5.35. The molecule has 0 saturated heterocycles. The molecule has 0 aliphatic rings. The van der Waals surface area contributed by atoms with Gasteiger partial charge < -0.3 is 4.90 Å². The maximum Gasteiger partial charge on any atom is 0.274 e. The predicted molar refractivity (Wildman–Crippen MR) is 81.0 cm³/mol. The zero-order valence-corrected chi connectivity index (χ0v) is 13.1. The van der Waals surface area contributed by atoms with Crippen LogP contribution in [-0.2, 0) is 6.54 Å². The van der Waals surface area contributed by atoms with E-state index in [4.69, 9.17) is 0 Å². The molecule has 0 fully saturated rings. The molecule has 6 heteroatoms. The highest BCUT2D eigenvalue weighted by Crippen LogP contribution is 2.18. The van der Waals surface area contributed by atoms with E-state index in [9.17, 15) is 4.79 Å². The van der Waals surface area contributed by atoms with E-state index in [1.54, 1.807) is 24.3 Å². The van der Waals surface area contributed by atoms with Gasteiger partial charge in [0.15, 0.2) is 5.69 Å². The van der Waals surface area contributed by atoms with Gasteiger partial charge in [0.2, 0.25) is 0 Å². The minimum Gasteiger partial charge on any atom is -0.336 e. The number of hydrogen-bond acceptors (Lipinski definition) is 3. The summed E-state index contributed by atoms with van der Waals surface area (Å²) in [4.78, 5) is 14.1. The number of carbonyl (C=O) groups excluding carboxylic acids is 1. The van der Waals surface area contributed by atoms with Crippen LogP contribution in [0.5, 0.6) is 0 Å². The lowest BCUT2D eigenvalue weighted by Crippen LogP contribution is -2.26. The van der Waals surface area contributed by atoms with E-state index in [0.717, 1.165) is 24.1 Å². The number of hydrogen-bond donors (Lipinski definition) is 1. The molecule has 0 atom stereocenters. The van der Waals surface area contributed by atoms with Gasteiger partial charge >= 0.3 is 0 Å². The van der Waals surface area contributed by atoms with Gasteiger partial charge in [0.1, 0.15) is 0 Å². The monoisotopic (exact) mass is 289 g/mol. The topological polar surface area (TPSA) is 66.8 Å².